The summed E-state index contributed by atoms with van der Waals surface area (Å²) >= 11 is 5.98. The molecule has 7 nitrogen and oxygen atoms in total. The average Bonchev–Trinajstić information content (AvgIpc) is 2.75. The summed E-state index contributed by atoms with van der Waals surface area (Å²) in [7, 11) is 1.49. The SMILES string of the molecule is COc1ccc(NC(=O)CN2C(=O)N[C@@H](C(C)C)C2=O)cc1Cl. The number of carbonyl (C=O) groups is 3. The van der Waals surface area contributed by atoms with Gasteiger partial charge in [-0.2, -0.15) is 0 Å². The van der Waals surface area contributed by atoms with Crippen LogP contribution in [-0.2, 0) is 9.59 Å². The predicted molar refractivity (Wildman–Crippen MR) is 85.5 cm³/mol. The first kappa shape index (κ1) is 17.1. The van der Waals surface area contributed by atoms with E-state index in [4.69, 9.17) is 16.3 Å². The molecule has 8 heteroatoms. The summed E-state index contributed by atoms with van der Waals surface area (Å²) in [4.78, 5) is 36.9. The van der Waals surface area contributed by atoms with E-state index in [0.717, 1.165) is 4.90 Å². The minimum atomic E-state index is -0.592. The van der Waals surface area contributed by atoms with Crippen molar-refractivity contribution in [2.75, 3.05) is 19.0 Å². The van der Waals surface area contributed by atoms with Crippen LogP contribution in [0.25, 0.3) is 0 Å². The Bertz CT molecular complexity index is 648. The standard InChI is InChI=1S/C15H18ClN3O4/c1-8(2)13-14(21)19(15(22)18-13)7-12(20)17-9-4-5-11(23-3)10(16)6-9/h4-6,8,13H,7H2,1-3H3,(H,17,20)(H,18,22)/t13-/m0/s1. The van der Waals surface area contributed by atoms with E-state index in [1.54, 1.807) is 12.1 Å². The van der Waals surface area contributed by atoms with E-state index in [1.165, 1.54) is 13.2 Å². The summed E-state index contributed by atoms with van der Waals surface area (Å²) in [6.07, 6.45) is 0. The van der Waals surface area contributed by atoms with Crippen LogP contribution in [0, 0.1) is 5.92 Å². The molecule has 0 unspecified atom stereocenters. The van der Waals surface area contributed by atoms with Crippen LogP contribution in [0.1, 0.15) is 13.8 Å². The van der Waals surface area contributed by atoms with E-state index in [-0.39, 0.29) is 12.5 Å². The molecular weight excluding hydrogens is 322 g/mol. The summed E-state index contributed by atoms with van der Waals surface area (Å²) in [5, 5.41) is 5.51. The number of nitrogens with zero attached hydrogens (tertiary/aromatic N) is 1. The number of urea groups is 1. The van der Waals surface area contributed by atoms with E-state index in [1.807, 2.05) is 13.8 Å². The molecule has 1 aromatic carbocycles. The number of imide groups is 1. The maximum atomic E-state index is 12.1. The summed E-state index contributed by atoms with van der Waals surface area (Å²) in [6, 6.07) is 3.61. The van der Waals surface area contributed by atoms with Crippen LogP contribution >= 0.6 is 11.6 Å². The number of amides is 4. The second kappa shape index (κ2) is 6.87. The van der Waals surface area contributed by atoms with Crippen molar-refractivity contribution in [3.63, 3.8) is 0 Å². The Morgan fingerprint density at radius 2 is 2.13 bits per heavy atom. The van der Waals surface area contributed by atoms with Gasteiger partial charge in [-0.05, 0) is 24.1 Å². The third kappa shape index (κ3) is 3.73. The molecule has 0 bridgehead atoms. The Labute approximate surface area is 138 Å². The molecule has 1 aromatic rings. The van der Waals surface area contributed by atoms with Gasteiger partial charge in [0.1, 0.15) is 18.3 Å². The van der Waals surface area contributed by atoms with Crippen molar-refractivity contribution in [2.45, 2.75) is 19.9 Å². The van der Waals surface area contributed by atoms with Gasteiger partial charge >= 0.3 is 6.03 Å². The first-order valence-electron chi connectivity index (χ1n) is 7.08. The highest BCUT2D eigenvalue weighted by Gasteiger charge is 2.40. The highest BCUT2D eigenvalue weighted by molar-refractivity contribution is 6.32. The molecular formula is C15H18ClN3O4. The van der Waals surface area contributed by atoms with E-state index in [9.17, 15) is 14.4 Å². The number of halogens is 1. The molecule has 1 heterocycles. The molecule has 0 radical (unpaired) electrons. The number of rotatable bonds is 5. The van der Waals surface area contributed by atoms with Gasteiger partial charge in [-0.3, -0.25) is 14.5 Å². The van der Waals surface area contributed by atoms with Crippen LogP contribution < -0.4 is 15.4 Å². The smallest absolute Gasteiger partial charge is 0.325 e. The summed E-state index contributed by atoms with van der Waals surface area (Å²) in [6.45, 7) is 3.30. The minimum absolute atomic E-state index is 0.0418. The number of carbonyl (C=O) groups excluding carboxylic acids is 3. The molecule has 0 spiro atoms. The van der Waals surface area contributed by atoms with Gasteiger partial charge in [0, 0.05) is 5.69 Å². The summed E-state index contributed by atoms with van der Waals surface area (Å²) in [5.74, 6) is -0.439. The van der Waals surface area contributed by atoms with Crippen molar-refractivity contribution in [3.05, 3.63) is 23.2 Å². The average molecular weight is 340 g/mol. The Hall–Kier alpha value is -2.28. The number of hydrogen-bond donors (Lipinski definition) is 2. The van der Waals surface area contributed by atoms with E-state index in [0.29, 0.717) is 16.5 Å². The van der Waals surface area contributed by atoms with Crippen molar-refractivity contribution < 1.29 is 19.1 Å². The first-order chi connectivity index (χ1) is 10.8. The van der Waals surface area contributed by atoms with Gasteiger partial charge in [0.2, 0.25) is 5.91 Å². The van der Waals surface area contributed by atoms with Crippen LogP contribution in [0.2, 0.25) is 5.02 Å². The maximum Gasteiger partial charge on any atom is 0.325 e. The Kier molecular flexibility index (Phi) is 5.10. The monoisotopic (exact) mass is 339 g/mol. The predicted octanol–water partition coefficient (Wildman–Crippen LogP) is 1.86. The van der Waals surface area contributed by atoms with Gasteiger partial charge in [0.15, 0.2) is 0 Å². The highest BCUT2D eigenvalue weighted by atomic mass is 35.5. The van der Waals surface area contributed by atoms with Crippen LogP contribution in [0.15, 0.2) is 18.2 Å². The first-order valence-corrected chi connectivity index (χ1v) is 7.46. The minimum Gasteiger partial charge on any atom is -0.495 e. The van der Waals surface area contributed by atoms with Crippen LogP contribution in [0.5, 0.6) is 5.75 Å². The van der Waals surface area contributed by atoms with Crippen molar-refractivity contribution in [1.82, 2.24) is 10.2 Å². The molecule has 1 atom stereocenters. The second-order valence-electron chi connectivity index (χ2n) is 5.49. The molecule has 124 valence electrons. The van der Waals surface area contributed by atoms with E-state index < -0.39 is 23.9 Å². The van der Waals surface area contributed by atoms with Gasteiger partial charge < -0.3 is 15.4 Å². The zero-order valence-electron chi connectivity index (χ0n) is 13.1. The molecule has 0 aliphatic carbocycles. The number of nitrogens with one attached hydrogen (secondary N) is 2. The molecule has 4 amide bonds. The van der Waals surface area contributed by atoms with Crippen molar-refractivity contribution in [1.29, 1.82) is 0 Å². The molecule has 2 rings (SSSR count). The zero-order chi connectivity index (χ0) is 17.1. The molecule has 1 aliphatic rings. The normalized spacial score (nSPS) is 17.4. The lowest BCUT2D eigenvalue weighted by Crippen LogP contribution is -2.39. The molecule has 0 aromatic heterocycles. The fraction of sp³-hybridized carbons (Fsp3) is 0.400. The van der Waals surface area contributed by atoms with Gasteiger partial charge in [-0.15, -0.1) is 0 Å². The Balaban J connectivity index is 2.01. The molecule has 2 N–H and O–H groups in total. The number of anilines is 1. The van der Waals surface area contributed by atoms with Crippen LogP contribution in [0.3, 0.4) is 0 Å². The fourth-order valence-electron chi connectivity index (χ4n) is 2.23. The van der Waals surface area contributed by atoms with Crippen molar-refractivity contribution in [2.24, 2.45) is 5.92 Å². The Morgan fingerprint density at radius 3 is 2.65 bits per heavy atom. The summed E-state index contributed by atoms with van der Waals surface area (Å²) in [5.41, 5.74) is 0.452. The quantitative estimate of drug-likeness (QED) is 0.801. The van der Waals surface area contributed by atoms with Gasteiger partial charge in [0.25, 0.3) is 5.91 Å². The topological polar surface area (TPSA) is 87.7 Å². The van der Waals surface area contributed by atoms with Gasteiger partial charge in [0.05, 0.1) is 12.1 Å². The molecule has 1 fully saturated rings. The number of methoxy groups -OCH3 is 1. The molecule has 0 saturated carbocycles. The summed E-state index contributed by atoms with van der Waals surface area (Å²) < 4.78 is 5.02. The molecule has 23 heavy (non-hydrogen) atoms. The lowest BCUT2D eigenvalue weighted by molar-refractivity contribution is -0.131. The number of hydrogen-bond acceptors (Lipinski definition) is 4. The Morgan fingerprint density at radius 1 is 1.43 bits per heavy atom. The largest absolute Gasteiger partial charge is 0.495 e. The van der Waals surface area contributed by atoms with Gasteiger partial charge in [-0.1, -0.05) is 25.4 Å². The van der Waals surface area contributed by atoms with Crippen molar-refractivity contribution >= 4 is 35.1 Å². The molecule has 1 saturated heterocycles. The molecule has 1 aliphatic heterocycles. The number of benzene rings is 1. The van der Waals surface area contributed by atoms with Crippen LogP contribution in [0.4, 0.5) is 10.5 Å². The fourth-order valence-corrected chi connectivity index (χ4v) is 2.49. The third-order valence-corrected chi connectivity index (χ3v) is 3.76. The zero-order valence-corrected chi connectivity index (χ0v) is 13.8. The highest BCUT2D eigenvalue weighted by Crippen LogP contribution is 2.27. The van der Waals surface area contributed by atoms with E-state index in [2.05, 4.69) is 10.6 Å². The third-order valence-electron chi connectivity index (χ3n) is 3.46. The lowest BCUT2D eigenvalue weighted by Gasteiger charge is -2.14. The van der Waals surface area contributed by atoms with Crippen molar-refractivity contribution in [3.8, 4) is 5.75 Å². The second-order valence-corrected chi connectivity index (χ2v) is 5.90. The lowest BCUT2D eigenvalue weighted by atomic mass is 10.1. The maximum absolute atomic E-state index is 12.1. The van der Waals surface area contributed by atoms with Crippen LogP contribution in [-0.4, -0.2) is 42.4 Å². The number of ether oxygens (including phenoxy) is 1. The van der Waals surface area contributed by atoms with Gasteiger partial charge in [-0.25, -0.2) is 4.79 Å². The van der Waals surface area contributed by atoms with E-state index >= 15 is 0 Å².